The van der Waals surface area contributed by atoms with Crippen LogP contribution in [0.2, 0.25) is 5.02 Å². The summed E-state index contributed by atoms with van der Waals surface area (Å²) in [7, 11) is 0. The Morgan fingerprint density at radius 3 is 2.45 bits per heavy atom. The van der Waals surface area contributed by atoms with Gasteiger partial charge in [0.25, 0.3) is 0 Å². The average molecular weight is 529 g/mol. The normalized spacial score (nSPS) is 10.7. The molecule has 0 spiro atoms. The molecule has 0 saturated carbocycles. The summed E-state index contributed by atoms with van der Waals surface area (Å²) in [6.07, 6.45) is 1.28. The maximum Gasteiger partial charge on any atom is 0.343 e. The number of carbonyl (C=O) groups is 3. The van der Waals surface area contributed by atoms with Crippen molar-refractivity contribution in [1.82, 2.24) is 5.43 Å². The molecule has 3 aromatic rings. The van der Waals surface area contributed by atoms with Crippen molar-refractivity contribution in [2.75, 3.05) is 5.32 Å². The SMILES string of the molecule is Cc1ccc(C(=O)Oc2ccc(Br)cc2/C=N\NC(=O)C(=O)Nc2cccc(Cl)c2C)cc1. The highest BCUT2D eigenvalue weighted by molar-refractivity contribution is 9.10. The zero-order chi connectivity index (χ0) is 24.0. The number of benzene rings is 3. The smallest absolute Gasteiger partial charge is 0.343 e. The Kier molecular flexibility index (Phi) is 7.97. The second-order valence-electron chi connectivity index (χ2n) is 7.00. The quantitative estimate of drug-likeness (QED) is 0.160. The largest absolute Gasteiger partial charge is 0.422 e. The van der Waals surface area contributed by atoms with Crippen molar-refractivity contribution in [2.24, 2.45) is 5.10 Å². The Bertz CT molecular complexity index is 1240. The molecule has 9 heteroatoms. The van der Waals surface area contributed by atoms with Crippen LogP contribution in [0, 0.1) is 13.8 Å². The van der Waals surface area contributed by atoms with Gasteiger partial charge >= 0.3 is 17.8 Å². The maximum absolute atomic E-state index is 12.4. The van der Waals surface area contributed by atoms with Crippen molar-refractivity contribution in [3.05, 3.63) is 92.4 Å². The van der Waals surface area contributed by atoms with E-state index < -0.39 is 17.8 Å². The van der Waals surface area contributed by atoms with E-state index in [1.165, 1.54) is 6.21 Å². The van der Waals surface area contributed by atoms with Gasteiger partial charge in [-0.15, -0.1) is 0 Å². The molecule has 2 N–H and O–H groups in total. The zero-order valence-corrected chi connectivity index (χ0v) is 20.0. The molecule has 2 amide bonds. The molecule has 0 radical (unpaired) electrons. The van der Waals surface area contributed by atoms with Crippen molar-refractivity contribution in [3.63, 3.8) is 0 Å². The molecular formula is C24H19BrClN3O4. The van der Waals surface area contributed by atoms with Crippen LogP contribution in [-0.4, -0.2) is 24.0 Å². The molecule has 168 valence electrons. The lowest BCUT2D eigenvalue weighted by atomic mass is 10.1. The molecule has 0 atom stereocenters. The van der Waals surface area contributed by atoms with E-state index in [9.17, 15) is 14.4 Å². The highest BCUT2D eigenvalue weighted by Gasteiger charge is 2.15. The summed E-state index contributed by atoms with van der Waals surface area (Å²) in [6, 6.07) is 16.9. The minimum absolute atomic E-state index is 0.237. The van der Waals surface area contributed by atoms with Crippen LogP contribution in [0.3, 0.4) is 0 Å². The summed E-state index contributed by atoms with van der Waals surface area (Å²) in [6.45, 7) is 3.64. The number of amides is 2. The number of halogens is 2. The van der Waals surface area contributed by atoms with Crippen LogP contribution in [0.5, 0.6) is 5.75 Å². The standard InChI is InChI=1S/C24H19BrClN3O4/c1-14-6-8-16(9-7-14)24(32)33-21-11-10-18(25)12-17(21)13-27-29-23(31)22(30)28-20-5-3-4-19(26)15(20)2/h3-13H,1-2H3,(H,28,30)(H,29,31)/b27-13-. The van der Waals surface area contributed by atoms with Crippen LogP contribution >= 0.6 is 27.5 Å². The molecule has 0 saturated heterocycles. The first-order chi connectivity index (χ1) is 15.7. The molecule has 7 nitrogen and oxygen atoms in total. The number of rotatable bonds is 5. The molecule has 0 aromatic heterocycles. The van der Waals surface area contributed by atoms with Gasteiger partial charge in [-0.05, 0) is 61.9 Å². The van der Waals surface area contributed by atoms with Gasteiger partial charge < -0.3 is 10.1 Å². The van der Waals surface area contributed by atoms with Crippen molar-refractivity contribution in [2.45, 2.75) is 13.8 Å². The lowest BCUT2D eigenvalue weighted by Gasteiger charge is -2.09. The number of aryl methyl sites for hydroxylation is 1. The Morgan fingerprint density at radius 1 is 1.00 bits per heavy atom. The number of ether oxygens (including phenoxy) is 1. The number of esters is 1. The molecular weight excluding hydrogens is 510 g/mol. The van der Waals surface area contributed by atoms with Gasteiger partial charge in [-0.2, -0.15) is 5.10 Å². The number of hydrogen-bond acceptors (Lipinski definition) is 5. The molecule has 0 fully saturated rings. The van der Waals surface area contributed by atoms with E-state index in [-0.39, 0.29) is 5.75 Å². The summed E-state index contributed by atoms with van der Waals surface area (Å²) in [5, 5.41) is 6.76. The monoisotopic (exact) mass is 527 g/mol. The van der Waals surface area contributed by atoms with Gasteiger partial charge in [-0.1, -0.05) is 51.3 Å². The van der Waals surface area contributed by atoms with Crippen molar-refractivity contribution in [1.29, 1.82) is 0 Å². The van der Waals surface area contributed by atoms with Crippen LogP contribution in [0.25, 0.3) is 0 Å². The first-order valence-electron chi connectivity index (χ1n) is 9.72. The second kappa shape index (κ2) is 10.9. The Morgan fingerprint density at radius 2 is 1.73 bits per heavy atom. The van der Waals surface area contributed by atoms with E-state index in [2.05, 4.69) is 31.8 Å². The van der Waals surface area contributed by atoms with Crippen molar-refractivity contribution in [3.8, 4) is 5.75 Å². The lowest BCUT2D eigenvalue weighted by Crippen LogP contribution is -2.32. The van der Waals surface area contributed by atoms with Crippen molar-refractivity contribution < 1.29 is 19.1 Å². The summed E-state index contributed by atoms with van der Waals surface area (Å²) in [5.41, 5.74) is 5.04. The van der Waals surface area contributed by atoms with Crippen molar-refractivity contribution >= 4 is 57.2 Å². The summed E-state index contributed by atoms with van der Waals surface area (Å²) < 4.78 is 6.19. The number of carbonyl (C=O) groups excluding carboxylic acids is 3. The number of nitrogens with one attached hydrogen (secondary N) is 2. The van der Waals surface area contributed by atoms with E-state index in [1.807, 2.05) is 19.1 Å². The van der Waals surface area contributed by atoms with E-state index >= 15 is 0 Å². The predicted octanol–water partition coefficient (Wildman–Crippen LogP) is 5.03. The molecule has 0 aliphatic carbocycles. The second-order valence-corrected chi connectivity index (χ2v) is 8.33. The Labute approximate surface area is 203 Å². The average Bonchev–Trinajstić information content (AvgIpc) is 2.78. The molecule has 33 heavy (non-hydrogen) atoms. The molecule has 0 unspecified atom stereocenters. The summed E-state index contributed by atoms with van der Waals surface area (Å²) in [5.74, 6) is -2.18. The van der Waals surface area contributed by atoms with Crippen LogP contribution in [0.4, 0.5) is 5.69 Å². The highest BCUT2D eigenvalue weighted by Crippen LogP contribution is 2.24. The topological polar surface area (TPSA) is 96.9 Å². The number of hydrogen-bond donors (Lipinski definition) is 2. The van der Waals surface area contributed by atoms with Gasteiger partial charge in [0, 0.05) is 20.7 Å². The minimum atomic E-state index is -0.973. The van der Waals surface area contributed by atoms with Gasteiger partial charge in [0.15, 0.2) is 0 Å². The first kappa shape index (κ1) is 24.2. The zero-order valence-electron chi connectivity index (χ0n) is 17.7. The van der Waals surface area contributed by atoms with Crippen LogP contribution in [0.1, 0.15) is 27.0 Å². The fourth-order valence-corrected chi connectivity index (χ4v) is 3.25. The molecule has 0 aliphatic heterocycles. The molecule has 3 rings (SSSR count). The van der Waals surface area contributed by atoms with Gasteiger partial charge in [0.2, 0.25) is 0 Å². The van der Waals surface area contributed by atoms with Gasteiger partial charge in [-0.25, -0.2) is 10.2 Å². The third-order valence-corrected chi connectivity index (χ3v) is 5.46. The lowest BCUT2D eigenvalue weighted by molar-refractivity contribution is -0.136. The molecule has 0 heterocycles. The third-order valence-electron chi connectivity index (χ3n) is 4.55. The minimum Gasteiger partial charge on any atom is -0.422 e. The van der Waals surface area contributed by atoms with Gasteiger partial charge in [-0.3, -0.25) is 9.59 Å². The van der Waals surface area contributed by atoms with Gasteiger partial charge in [0.05, 0.1) is 11.8 Å². The Balaban J connectivity index is 1.67. The maximum atomic E-state index is 12.4. The predicted molar refractivity (Wildman–Crippen MR) is 131 cm³/mol. The number of hydrazone groups is 1. The first-order valence-corrected chi connectivity index (χ1v) is 10.9. The van der Waals surface area contributed by atoms with E-state index in [0.29, 0.717) is 31.9 Å². The van der Waals surface area contributed by atoms with Crippen LogP contribution < -0.4 is 15.5 Å². The molecule has 0 aliphatic rings. The summed E-state index contributed by atoms with van der Waals surface area (Å²) in [4.78, 5) is 36.7. The van der Waals surface area contributed by atoms with Crippen LogP contribution in [0.15, 0.2) is 70.2 Å². The van der Waals surface area contributed by atoms with Crippen LogP contribution in [-0.2, 0) is 9.59 Å². The Hall–Kier alpha value is -3.49. The molecule has 3 aromatic carbocycles. The van der Waals surface area contributed by atoms with E-state index in [1.54, 1.807) is 55.5 Å². The fraction of sp³-hybridized carbons (Fsp3) is 0.0833. The van der Waals surface area contributed by atoms with Gasteiger partial charge in [0.1, 0.15) is 5.75 Å². The van der Waals surface area contributed by atoms with E-state index in [0.717, 1.165) is 5.56 Å². The fourth-order valence-electron chi connectivity index (χ4n) is 2.69. The summed E-state index contributed by atoms with van der Waals surface area (Å²) >= 11 is 9.37. The molecule has 0 bridgehead atoms. The van der Waals surface area contributed by atoms with E-state index in [4.69, 9.17) is 16.3 Å². The third kappa shape index (κ3) is 6.50. The number of nitrogens with zero attached hydrogens (tertiary/aromatic N) is 1. The number of anilines is 1. The highest BCUT2D eigenvalue weighted by atomic mass is 79.9.